The molecule has 386 valence electrons. The van der Waals surface area contributed by atoms with E-state index in [9.17, 15) is 19.2 Å². The lowest BCUT2D eigenvalue weighted by atomic mass is 9.72. The van der Waals surface area contributed by atoms with Crippen LogP contribution in [0.5, 0.6) is 0 Å². The Morgan fingerprint density at radius 3 is 2.14 bits per heavy atom. The number of aromatic nitrogens is 4. The molecule has 1 atom stereocenters. The van der Waals surface area contributed by atoms with E-state index in [0.29, 0.717) is 83.8 Å². The predicted octanol–water partition coefficient (Wildman–Crippen LogP) is 6.96. The van der Waals surface area contributed by atoms with Gasteiger partial charge in [0.1, 0.15) is 11.3 Å². The average Bonchev–Trinajstić information content (AvgIpc) is 4.15. The molecule has 73 heavy (non-hydrogen) atoms. The van der Waals surface area contributed by atoms with E-state index in [0.717, 1.165) is 115 Å². The lowest BCUT2D eigenvalue weighted by Crippen LogP contribution is -2.59. The minimum atomic E-state index is -0.684. The fraction of sp³-hybridized carbons (Fsp3) is 0.614. The summed E-state index contributed by atoms with van der Waals surface area (Å²) in [6, 6.07) is 13.6. The van der Waals surface area contributed by atoms with E-state index in [1.807, 2.05) is 28.3 Å². The van der Waals surface area contributed by atoms with Gasteiger partial charge in [-0.3, -0.25) is 29.3 Å². The van der Waals surface area contributed by atoms with Gasteiger partial charge in [0.15, 0.2) is 5.82 Å². The van der Waals surface area contributed by atoms with E-state index in [2.05, 4.69) is 79.5 Å². The summed E-state index contributed by atoms with van der Waals surface area (Å²) < 4.78 is 2.24. The smallest absolute Gasteiger partial charge is 0.238 e. The molecule has 16 nitrogen and oxygen atoms in total. The highest BCUT2D eigenvalue weighted by atomic mass is 16.2. The Morgan fingerprint density at radius 1 is 0.740 bits per heavy atom. The van der Waals surface area contributed by atoms with E-state index in [1.165, 1.54) is 19.3 Å². The Balaban J connectivity index is 0.711. The number of benzene rings is 1. The van der Waals surface area contributed by atoms with E-state index < -0.39 is 10.8 Å². The number of fused-ring (bicyclic) bond motifs is 3. The number of rotatable bonds is 9. The van der Waals surface area contributed by atoms with Crippen molar-refractivity contribution in [2.24, 2.45) is 11.3 Å². The van der Waals surface area contributed by atoms with Crippen molar-refractivity contribution >= 4 is 57.9 Å². The summed E-state index contributed by atoms with van der Waals surface area (Å²) in [5.41, 5.74) is 5.60. The highest BCUT2D eigenvalue weighted by molar-refractivity contribution is 6.09. The third kappa shape index (κ3) is 8.56. The maximum Gasteiger partial charge on any atom is 0.238 e. The number of imidazole rings is 1. The fourth-order valence-electron chi connectivity index (χ4n) is 14.0. The Morgan fingerprint density at radius 2 is 1.45 bits per heavy atom. The summed E-state index contributed by atoms with van der Waals surface area (Å²) in [4.78, 5) is 96.4. The maximum atomic E-state index is 15.3. The van der Waals surface area contributed by atoms with Crippen molar-refractivity contribution in [1.29, 1.82) is 0 Å². The number of imide groups is 1. The third-order valence-corrected chi connectivity index (χ3v) is 18.7. The van der Waals surface area contributed by atoms with Crippen molar-refractivity contribution in [3.63, 3.8) is 0 Å². The molecule has 1 N–H and O–H groups in total. The van der Waals surface area contributed by atoms with Crippen LogP contribution in [0.2, 0.25) is 0 Å². The van der Waals surface area contributed by atoms with E-state index in [1.54, 1.807) is 6.20 Å². The van der Waals surface area contributed by atoms with Gasteiger partial charge in [0, 0.05) is 106 Å². The van der Waals surface area contributed by atoms with Gasteiger partial charge in [0.05, 0.1) is 28.9 Å². The highest BCUT2D eigenvalue weighted by Crippen LogP contribution is 2.53. The first-order valence-corrected chi connectivity index (χ1v) is 27.9. The molecule has 1 spiro atoms. The molecule has 7 aliphatic heterocycles. The van der Waals surface area contributed by atoms with E-state index >= 15 is 4.79 Å². The Hall–Kier alpha value is -5.90. The van der Waals surface area contributed by atoms with Crippen LogP contribution in [0, 0.1) is 11.3 Å². The molecule has 1 saturated carbocycles. The molecule has 3 aromatic heterocycles. The van der Waals surface area contributed by atoms with Gasteiger partial charge in [-0.15, -0.1) is 0 Å². The zero-order valence-corrected chi connectivity index (χ0v) is 43.2. The van der Waals surface area contributed by atoms with Crippen LogP contribution < -0.4 is 20.0 Å². The average molecular weight is 992 g/mol. The molecule has 1 aliphatic carbocycles. The van der Waals surface area contributed by atoms with Gasteiger partial charge in [-0.05, 0) is 140 Å². The van der Waals surface area contributed by atoms with Crippen LogP contribution in [0.1, 0.15) is 140 Å². The van der Waals surface area contributed by atoms with Gasteiger partial charge in [-0.1, -0.05) is 31.5 Å². The minimum absolute atomic E-state index is 0.0719. The molecule has 0 bridgehead atoms. The topological polar surface area (TPSA) is 160 Å². The Bertz CT molecular complexity index is 2780. The molecule has 4 aromatic rings. The van der Waals surface area contributed by atoms with Crippen LogP contribution in [-0.2, 0) is 29.4 Å². The zero-order chi connectivity index (χ0) is 50.2. The summed E-state index contributed by atoms with van der Waals surface area (Å²) in [6.45, 7) is 14.3. The van der Waals surface area contributed by atoms with Crippen molar-refractivity contribution in [2.75, 3.05) is 80.1 Å². The molecule has 1 unspecified atom stereocenters. The quantitative estimate of drug-likeness (QED) is 0.173. The van der Waals surface area contributed by atoms with Crippen LogP contribution in [0.15, 0.2) is 48.9 Å². The summed E-state index contributed by atoms with van der Waals surface area (Å²) in [5.74, 6) is 1.42. The maximum absolute atomic E-state index is 15.3. The highest BCUT2D eigenvalue weighted by Gasteiger charge is 2.56. The van der Waals surface area contributed by atoms with Gasteiger partial charge < -0.3 is 34.0 Å². The Labute approximate surface area is 429 Å². The normalized spacial score (nSPS) is 25.7. The van der Waals surface area contributed by atoms with Gasteiger partial charge in [0.25, 0.3) is 0 Å². The Kier molecular flexibility index (Phi) is 12.6. The number of amides is 5. The molecule has 0 radical (unpaired) electrons. The number of nitrogens with zero attached hydrogens (tertiary/aromatic N) is 10. The van der Waals surface area contributed by atoms with Crippen LogP contribution >= 0.6 is 0 Å². The molecule has 8 aliphatic rings. The summed E-state index contributed by atoms with van der Waals surface area (Å²) in [7, 11) is 0. The molecular formula is C57H73N11O5. The monoisotopic (exact) mass is 992 g/mol. The van der Waals surface area contributed by atoms with Crippen molar-refractivity contribution in [2.45, 2.75) is 147 Å². The van der Waals surface area contributed by atoms with Gasteiger partial charge in [-0.2, -0.15) is 0 Å². The number of carbonyl (C=O) groups is 5. The lowest BCUT2D eigenvalue weighted by Gasteiger charge is -2.48. The second-order valence-corrected chi connectivity index (χ2v) is 23.4. The number of likely N-dealkylation sites (tertiary alicyclic amines) is 3. The van der Waals surface area contributed by atoms with Crippen molar-refractivity contribution < 1.29 is 24.0 Å². The minimum Gasteiger partial charge on any atom is -0.357 e. The second-order valence-electron chi connectivity index (χ2n) is 23.4. The van der Waals surface area contributed by atoms with Crippen molar-refractivity contribution in [3.05, 3.63) is 60.0 Å². The van der Waals surface area contributed by atoms with Gasteiger partial charge in [-0.25, -0.2) is 15.0 Å². The molecule has 5 amide bonds. The van der Waals surface area contributed by atoms with E-state index in [-0.39, 0.29) is 53.5 Å². The van der Waals surface area contributed by atoms with Crippen LogP contribution in [0.25, 0.3) is 22.3 Å². The van der Waals surface area contributed by atoms with Crippen molar-refractivity contribution in [1.82, 2.24) is 39.5 Å². The number of carbonyl (C=O) groups excluding carboxylic acids is 5. The third-order valence-electron chi connectivity index (χ3n) is 18.7. The molecule has 16 heteroatoms. The summed E-state index contributed by atoms with van der Waals surface area (Å²) in [5, 5.41) is 2.43. The van der Waals surface area contributed by atoms with E-state index in [4.69, 9.17) is 9.97 Å². The van der Waals surface area contributed by atoms with Crippen molar-refractivity contribution in [3.8, 4) is 11.3 Å². The lowest BCUT2D eigenvalue weighted by molar-refractivity contribution is -0.150. The molecule has 10 heterocycles. The number of hydrogen-bond donors (Lipinski definition) is 1. The summed E-state index contributed by atoms with van der Waals surface area (Å²) in [6.07, 6.45) is 16.5. The van der Waals surface area contributed by atoms with Gasteiger partial charge in [0.2, 0.25) is 29.5 Å². The van der Waals surface area contributed by atoms with Gasteiger partial charge >= 0.3 is 0 Å². The fourth-order valence-corrected chi connectivity index (χ4v) is 14.0. The predicted molar refractivity (Wildman–Crippen MR) is 280 cm³/mol. The first-order valence-electron chi connectivity index (χ1n) is 27.9. The number of hydrogen-bond acceptors (Lipinski definition) is 11. The number of anilines is 3. The molecule has 1 aromatic carbocycles. The van der Waals surface area contributed by atoms with Crippen LogP contribution in [0.4, 0.5) is 17.3 Å². The molecular weight excluding hydrogens is 919 g/mol. The first kappa shape index (κ1) is 48.1. The number of nitrogens with one attached hydrogen (secondary N) is 1. The summed E-state index contributed by atoms with van der Waals surface area (Å²) >= 11 is 0. The van der Waals surface area contributed by atoms with Crippen LogP contribution in [-0.4, -0.2) is 141 Å². The number of pyridine rings is 2. The van der Waals surface area contributed by atoms with Crippen LogP contribution in [0.3, 0.4) is 0 Å². The standard InChI is InChI=1S/C57H73N11O5/c1-37(2)67-36-59-46-34-45(60-51(50(46)67)64-23-7-8-24-64)39-9-12-44-47(31-39)68(42-32-41(33-42)62-21-5-4-6-22-62)55(73)57(44)19-29-66(30-20-57)54(72)56(3)17-27-65(28-18-56)53(71)38-15-25-63(26-16-38)48-13-10-40(35-58-48)43-11-14-49(69)61-52(43)70/h9-10,12-13,31,34-38,41-43H,4-8,11,14-30,32-33H2,1-3H3,(H,61,69,70). The second kappa shape index (κ2) is 19.1. The SMILES string of the molecule is CC(C)n1cnc2cc(-c3ccc4c(c3)N(C3CC(N5CCCCC5)C3)C(=O)C43CCN(C(=O)C4(C)CCN(C(=O)C5CCN(c6ccc(C7CCC(=O)NC7=O)cn6)CC5)CC4)CC3)nc(N3CCCC3)c21. The molecule has 6 saturated heterocycles. The zero-order valence-electron chi connectivity index (χ0n) is 43.2. The molecule has 7 fully saturated rings. The number of piperidine rings is 5. The first-order chi connectivity index (χ1) is 35.4. The largest absolute Gasteiger partial charge is 0.357 e. The molecule has 12 rings (SSSR count).